The molecule has 184 valence electrons. The lowest BCUT2D eigenvalue weighted by Crippen LogP contribution is -2.38. The Bertz CT molecular complexity index is 1400. The Hall–Kier alpha value is -4.60. The largest absolute Gasteiger partial charge is 0.486 e. The van der Waals surface area contributed by atoms with Crippen LogP contribution >= 0.6 is 0 Å². The summed E-state index contributed by atoms with van der Waals surface area (Å²) in [4.78, 5) is 27.8. The van der Waals surface area contributed by atoms with E-state index in [1.807, 2.05) is 0 Å². The van der Waals surface area contributed by atoms with Crippen LogP contribution in [-0.4, -0.2) is 57.4 Å². The number of anilines is 1. The quantitative estimate of drug-likeness (QED) is 0.428. The first-order chi connectivity index (χ1) is 17.5. The second-order valence-corrected chi connectivity index (χ2v) is 8.06. The molecule has 3 heterocycles. The third kappa shape index (κ3) is 4.52. The molecule has 0 bridgehead atoms. The van der Waals surface area contributed by atoms with Crippen molar-refractivity contribution in [2.75, 3.05) is 31.6 Å². The number of nitrogens with zero attached hydrogens (tertiary/aromatic N) is 4. The molecule has 9 nitrogen and oxygen atoms in total. The number of para-hydroxylation sites is 1. The van der Waals surface area contributed by atoms with Gasteiger partial charge >= 0.3 is 0 Å². The maximum absolute atomic E-state index is 14.6. The summed E-state index contributed by atoms with van der Waals surface area (Å²) >= 11 is 0. The molecule has 2 amide bonds. The number of amides is 2. The van der Waals surface area contributed by atoms with Crippen LogP contribution in [0.25, 0.3) is 11.5 Å². The number of ether oxygens (including phenoxy) is 2. The van der Waals surface area contributed by atoms with E-state index >= 15 is 0 Å². The third-order valence-electron chi connectivity index (χ3n) is 5.73. The highest BCUT2D eigenvalue weighted by Crippen LogP contribution is 2.32. The lowest BCUT2D eigenvalue weighted by molar-refractivity contribution is -0.116. The van der Waals surface area contributed by atoms with E-state index in [2.05, 4.69) is 10.4 Å². The van der Waals surface area contributed by atoms with Gasteiger partial charge in [0.1, 0.15) is 36.8 Å². The van der Waals surface area contributed by atoms with Gasteiger partial charge in [0.15, 0.2) is 17.3 Å². The Kier molecular flexibility index (Phi) is 6.40. The van der Waals surface area contributed by atoms with Crippen LogP contribution in [0.3, 0.4) is 0 Å². The molecule has 36 heavy (non-hydrogen) atoms. The molecule has 10 heteroatoms. The molecule has 5 rings (SSSR count). The van der Waals surface area contributed by atoms with Gasteiger partial charge in [0.25, 0.3) is 5.91 Å². The molecule has 4 aromatic rings. The van der Waals surface area contributed by atoms with E-state index in [4.69, 9.17) is 9.47 Å². The van der Waals surface area contributed by atoms with Crippen molar-refractivity contribution in [2.24, 2.45) is 0 Å². The first kappa shape index (κ1) is 23.2. The molecule has 0 saturated heterocycles. The number of carbonyl (C=O) groups is 2. The third-order valence-corrected chi connectivity index (χ3v) is 5.73. The summed E-state index contributed by atoms with van der Waals surface area (Å²) in [6.07, 6.45) is 4.89. The molecule has 0 aliphatic carbocycles. The summed E-state index contributed by atoms with van der Waals surface area (Å²) in [6, 6.07) is 14.9. The maximum atomic E-state index is 14.6. The molecule has 0 spiro atoms. The molecule has 2 aromatic carbocycles. The summed E-state index contributed by atoms with van der Waals surface area (Å²) in [5, 5.41) is 7.11. The summed E-state index contributed by atoms with van der Waals surface area (Å²) in [7, 11) is 0. The second-order valence-electron chi connectivity index (χ2n) is 8.06. The number of hydrogen-bond acceptors (Lipinski definition) is 5. The number of hydrogen-bond donors (Lipinski definition) is 1. The lowest BCUT2D eigenvalue weighted by atomic mass is 10.2. The van der Waals surface area contributed by atoms with Crippen LogP contribution in [0.4, 0.5) is 10.1 Å². The predicted molar refractivity (Wildman–Crippen MR) is 130 cm³/mol. The summed E-state index contributed by atoms with van der Waals surface area (Å²) in [6.45, 7) is 2.80. The fraction of sp³-hybridized carbons (Fsp3) is 0.192. The molecule has 0 fully saturated rings. The van der Waals surface area contributed by atoms with Gasteiger partial charge in [-0.2, -0.15) is 5.10 Å². The molecule has 2 aromatic heterocycles. The van der Waals surface area contributed by atoms with Crippen molar-refractivity contribution in [3.63, 3.8) is 0 Å². The summed E-state index contributed by atoms with van der Waals surface area (Å²) < 4.78 is 28.7. The Balaban J connectivity index is 1.39. The van der Waals surface area contributed by atoms with E-state index in [-0.39, 0.29) is 30.2 Å². The van der Waals surface area contributed by atoms with E-state index in [1.165, 1.54) is 21.8 Å². The first-order valence-electron chi connectivity index (χ1n) is 11.5. The minimum absolute atomic E-state index is 0.181. The molecule has 1 aliphatic rings. The highest BCUT2D eigenvalue weighted by molar-refractivity contribution is 6.01. The van der Waals surface area contributed by atoms with Crippen molar-refractivity contribution in [1.29, 1.82) is 0 Å². The van der Waals surface area contributed by atoms with Gasteiger partial charge < -0.3 is 24.3 Å². The molecule has 0 saturated carbocycles. The zero-order valence-corrected chi connectivity index (χ0v) is 19.6. The Labute approximate surface area is 206 Å². The molecule has 0 unspecified atom stereocenters. The summed E-state index contributed by atoms with van der Waals surface area (Å²) in [5.41, 5.74) is 0.983. The smallest absolute Gasteiger partial charge is 0.259 e. The van der Waals surface area contributed by atoms with Crippen molar-refractivity contribution < 1.29 is 23.5 Å². The van der Waals surface area contributed by atoms with Crippen LogP contribution in [0.2, 0.25) is 0 Å². The van der Waals surface area contributed by atoms with Gasteiger partial charge in [-0.15, -0.1) is 0 Å². The van der Waals surface area contributed by atoms with Gasteiger partial charge in [-0.25, -0.2) is 9.07 Å². The second kappa shape index (κ2) is 9.95. The zero-order chi connectivity index (χ0) is 25.1. The monoisotopic (exact) mass is 489 g/mol. The van der Waals surface area contributed by atoms with Gasteiger partial charge in [-0.3, -0.25) is 9.59 Å². The van der Waals surface area contributed by atoms with Crippen LogP contribution in [0.1, 0.15) is 17.3 Å². The number of carbonyl (C=O) groups excluding carboxylic acids is 2. The SMILES string of the molecule is CCN(CC(=O)Nc1ccc2c(c1)OCCO2)C(=O)c1cnn(-c2ccccc2F)c1-n1cccc1. The van der Waals surface area contributed by atoms with E-state index in [0.29, 0.717) is 36.2 Å². The average Bonchev–Trinajstić information content (AvgIpc) is 3.57. The average molecular weight is 490 g/mol. The van der Waals surface area contributed by atoms with Gasteiger partial charge in [0, 0.05) is 30.7 Å². The Morgan fingerprint density at radius 1 is 1.06 bits per heavy atom. The molecule has 0 radical (unpaired) electrons. The predicted octanol–water partition coefficient (Wildman–Crippen LogP) is 3.67. The molecular formula is C26H24FN5O4. The standard InChI is InChI=1S/C26H24FN5O4/c1-2-30(17-24(33)29-18-9-10-22-23(15-18)36-14-13-35-22)26(34)19-16-28-32(21-8-4-3-7-20(21)27)25(19)31-11-5-6-12-31/h3-12,15-16H,2,13-14,17H2,1H3,(H,29,33). The van der Waals surface area contributed by atoms with Gasteiger partial charge in [0.05, 0.1) is 6.20 Å². The van der Waals surface area contributed by atoms with E-state index in [9.17, 15) is 14.0 Å². The van der Waals surface area contributed by atoms with Crippen LogP contribution in [0.15, 0.2) is 73.2 Å². The minimum atomic E-state index is -0.473. The normalized spacial score (nSPS) is 12.3. The lowest BCUT2D eigenvalue weighted by Gasteiger charge is -2.22. The number of halogens is 1. The van der Waals surface area contributed by atoms with Crippen molar-refractivity contribution >= 4 is 17.5 Å². The molecular weight excluding hydrogens is 465 g/mol. The number of benzene rings is 2. The number of fused-ring (bicyclic) bond motifs is 1. The van der Waals surface area contributed by atoms with Crippen molar-refractivity contribution in [3.8, 4) is 23.0 Å². The highest BCUT2D eigenvalue weighted by atomic mass is 19.1. The number of aromatic nitrogens is 3. The van der Waals surface area contributed by atoms with Crippen LogP contribution in [-0.2, 0) is 4.79 Å². The molecule has 0 atom stereocenters. The topological polar surface area (TPSA) is 90.6 Å². The van der Waals surface area contributed by atoms with Crippen LogP contribution in [0, 0.1) is 5.82 Å². The summed E-state index contributed by atoms with van der Waals surface area (Å²) in [5.74, 6) is 0.306. The van der Waals surface area contributed by atoms with E-state index in [0.717, 1.165) is 0 Å². The molecule has 1 N–H and O–H groups in total. The zero-order valence-electron chi connectivity index (χ0n) is 19.6. The van der Waals surface area contributed by atoms with Crippen molar-refractivity contribution in [3.05, 3.63) is 84.6 Å². The first-order valence-corrected chi connectivity index (χ1v) is 11.5. The van der Waals surface area contributed by atoms with Crippen LogP contribution in [0.5, 0.6) is 11.5 Å². The minimum Gasteiger partial charge on any atom is -0.486 e. The van der Waals surface area contributed by atoms with E-state index < -0.39 is 11.7 Å². The van der Waals surface area contributed by atoms with Crippen molar-refractivity contribution in [1.82, 2.24) is 19.2 Å². The molecule has 1 aliphatic heterocycles. The van der Waals surface area contributed by atoms with Gasteiger partial charge in [-0.1, -0.05) is 12.1 Å². The van der Waals surface area contributed by atoms with E-state index in [1.54, 1.807) is 72.4 Å². The van der Waals surface area contributed by atoms with Crippen molar-refractivity contribution in [2.45, 2.75) is 6.92 Å². The number of rotatable bonds is 7. The Morgan fingerprint density at radius 2 is 1.81 bits per heavy atom. The Morgan fingerprint density at radius 3 is 2.56 bits per heavy atom. The fourth-order valence-electron chi connectivity index (χ4n) is 4.01. The highest BCUT2D eigenvalue weighted by Gasteiger charge is 2.26. The number of likely N-dealkylation sites (N-methyl/N-ethyl adjacent to an activating group) is 1. The fourth-order valence-corrected chi connectivity index (χ4v) is 4.01. The number of nitrogens with one attached hydrogen (secondary N) is 1. The van der Waals surface area contributed by atoms with Gasteiger partial charge in [0.2, 0.25) is 5.91 Å². The maximum Gasteiger partial charge on any atom is 0.259 e. The van der Waals surface area contributed by atoms with Crippen LogP contribution < -0.4 is 14.8 Å². The van der Waals surface area contributed by atoms with Gasteiger partial charge in [-0.05, 0) is 43.3 Å².